The summed E-state index contributed by atoms with van der Waals surface area (Å²) in [6.45, 7) is 2.80. The number of aryl methyl sites for hydroxylation is 2. The number of nitrogens with one attached hydrogen (secondary N) is 2. The van der Waals surface area contributed by atoms with Gasteiger partial charge in [-0.25, -0.2) is 4.39 Å². The molecule has 0 aliphatic carbocycles. The summed E-state index contributed by atoms with van der Waals surface area (Å²) in [6.07, 6.45) is -10.1. The van der Waals surface area contributed by atoms with Crippen molar-refractivity contribution >= 4 is 23.2 Å². The zero-order valence-corrected chi connectivity index (χ0v) is 22.5. The molecule has 0 aliphatic heterocycles. The summed E-state index contributed by atoms with van der Waals surface area (Å²) < 4.78 is 94.8. The normalized spacial score (nSPS) is 13.3. The molecule has 4 aromatic rings. The lowest BCUT2D eigenvalue weighted by atomic mass is 9.83. The largest absolute Gasteiger partial charge is 0.425 e. The predicted octanol–water partition coefficient (Wildman–Crippen LogP) is 7.76. The number of carbonyl (C=O) groups is 2. The van der Waals surface area contributed by atoms with E-state index in [4.69, 9.17) is 0 Å². The van der Waals surface area contributed by atoms with Crippen LogP contribution in [0.2, 0.25) is 0 Å². The van der Waals surface area contributed by atoms with Crippen LogP contribution >= 0.6 is 0 Å². The van der Waals surface area contributed by atoms with E-state index in [1.54, 1.807) is 0 Å². The Kier molecular flexibility index (Phi) is 8.37. The number of benzene rings is 4. The first-order chi connectivity index (χ1) is 20.0. The topological polar surface area (TPSA) is 78.4 Å². The summed E-state index contributed by atoms with van der Waals surface area (Å²) in [5.41, 5.74) is -5.35. The van der Waals surface area contributed by atoms with Crippen LogP contribution in [-0.2, 0) is 11.8 Å². The first-order valence-electron chi connectivity index (χ1n) is 12.6. The van der Waals surface area contributed by atoms with Crippen molar-refractivity contribution in [1.29, 1.82) is 0 Å². The third-order valence-corrected chi connectivity index (χ3v) is 6.72. The zero-order valence-electron chi connectivity index (χ0n) is 22.5. The molecule has 5 nitrogen and oxygen atoms in total. The zero-order chi connectivity index (χ0) is 31.7. The Balaban J connectivity index is 1.60. The van der Waals surface area contributed by atoms with E-state index >= 15 is 0 Å². The van der Waals surface area contributed by atoms with E-state index in [-0.39, 0.29) is 33.6 Å². The van der Waals surface area contributed by atoms with Crippen LogP contribution in [0.3, 0.4) is 0 Å². The number of amides is 2. The fourth-order valence-corrected chi connectivity index (χ4v) is 4.49. The Morgan fingerprint density at radius 2 is 1.19 bits per heavy atom. The molecular weight excluding hydrogens is 581 g/mol. The van der Waals surface area contributed by atoms with Gasteiger partial charge >= 0.3 is 12.4 Å². The smallest absolute Gasteiger partial charge is 0.372 e. The van der Waals surface area contributed by atoms with Gasteiger partial charge in [0, 0.05) is 22.5 Å². The lowest BCUT2D eigenvalue weighted by Gasteiger charge is -2.32. The maximum absolute atomic E-state index is 14.3. The molecule has 12 heteroatoms. The maximum atomic E-state index is 14.3. The van der Waals surface area contributed by atoms with Gasteiger partial charge < -0.3 is 15.7 Å². The highest BCUT2D eigenvalue weighted by Crippen LogP contribution is 2.46. The lowest BCUT2D eigenvalue weighted by Crippen LogP contribution is -2.43. The van der Waals surface area contributed by atoms with Gasteiger partial charge in [-0.3, -0.25) is 9.59 Å². The number of anilines is 2. The molecule has 0 saturated heterocycles. The molecule has 3 N–H and O–H groups in total. The first kappa shape index (κ1) is 31.2. The van der Waals surface area contributed by atoms with Crippen LogP contribution < -0.4 is 10.6 Å². The van der Waals surface area contributed by atoms with Gasteiger partial charge in [0.05, 0.1) is 5.56 Å². The molecular formula is C31H23F7N2O3. The van der Waals surface area contributed by atoms with Crippen LogP contribution in [0.25, 0.3) is 0 Å². The maximum Gasteiger partial charge on any atom is 0.425 e. The number of carbonyl (C=O) groups excluding carboxylic acids is 2. The Labute approximate surface area is 241 Å². The highest BCUT2D eigenvalue weighted by Gasteiger charge is 2.56. The molecule has 1 atom stereocenters. The van der Waals surface area contributed by atoms with Crippen LogP contribution in [0.15, 0.2) is 84.9 Å². The van der Waals surface area contributed by atoms with E-state index in [0.29, 0.717) is 24.3 Å². The second-order valence-electron chi connectivity index (χ2n) is 9.76. The van der Waals surface area contributed by atoms with Gasteiger partial charge in [0.15, 0.2) is 0 Å². The van der Waals surface area contributed by atoms with Crippen molar-refractivity contribution in [2.24, 2.45) is 0 Å². The number of hydrogen-bond acceptors (Lipinski definition) is 3. The summed E-state index contributed by atoms with van der Waals surface area (Å²) >= 11 is 0. The van der Waals surface area contributed by atoms with Crippen LogP contribution in [-0.4, -0.2) is 23.1 Å². The number of aliphatic hydroxyl groups is 1. The van der Waals surface area contributed by atoms with Gasteiger partial charge in [-0.15, -0.1) is 0 Å². The molecule has 0 saturated carbocycles. The van der Waals surface area contributed by atoms with Crippen LogP contribution in [0.4, 0.5) is 42.1 Å². The molecule has 0 heterocycles. The van der Waals surface area contributed by atoms with Gasteiger partial charge in [0.2, 0.25) is 5.60 Å². The minimum absolute atomic E-state index is 0.0938. The Morgan fingerprint density at radius 3 is 1.72 bits per heavy atom. The molecule has 1 unspecified atom stereocenters. The summed E-state index contributed by atoms with van der Waals surface area (Å²) in [6, 6.07) is 14.7. The number of halogens is 7. The van der Waals surface area contributed by atoms with Crippen molar-refractivity contribution in [3.05, 3.63) is 130 Å². The van der Waals surface area contributed by atoms with E-state index in [0.717, 1.165) is 24.3 Å². The van der Waals surface area contributed by atoms with E-state index in [1.807, 2.05) is 0 Å². The summed E-state index contributed by atoms with van der Waals surface area (Å²) in [4.78, 5) is 25.5. The van der Waals surface area contributed by atoms with E-state index in [1.165, 1.54) is 50.2 Å². The fourth-order valence-electron chi connectivity index (χ4n) is 4.49. The van der Waals surface area contributed by atoms with Gasteiger partial charge in [0.25, 0.3) is 11.8 Å². The number of alkyl halides is 6. The quantitative estimate of drug-likeness (QED) is 0.197. The molecule has 0 aromatic heterocycles. The third-order valence-electron chi connectivity index (χ3n) is 6.72. The molecule has 0 spiro atoms. The minimum Gasteiger partial charge on any atom is -0.372 e. The van der Waals surface area contributed by atoms with Crippen molar-refractivity contribution < 1.29 is 45.4 Å². The summed E-state index contributed by atoms with van der Waals surface area (Å²) in [5.74, 6) is -1.73. The van der Waals surface area contributed by atoms with Crippen molar-refractivity contribution in [1.82, 2.24) is 0 Å². The molecule has 43 heavy (non-hydrogen) atoms. The summed E-state index contributed by atoms with van der Waals surface area (Å²) in [7, 11) is 0. The minimum atomic E-state index is -5.31. The van der Waals surface area contributed by atoms with Gasteiger partial charge in [-0.1, -0.05) is 30.3 Å². The van der Waals surface area contributed by atoms with Crippen LogP contribution in [0.1, 0.15) is 48.5 Å². The molecule has 4 aromatic carbocycles. The standard InChI is InChI=1S/C31H23F7N2O3/c1-17-14-23(29(43,31(36,37)38)21-8-10-22(11-9-21)30(33,34)35)15-18(2)26(17)40-28(42)20-4-3-5-25(16-20)39-27(41)19-6-12-24(32)13-7-19/h3-16,43H,1-2H3,(H,39,41)(H,40,42). The number of hydrogen-bond donors (Lipinski definition) is 3. The van der Waals surface area contributed by atoms with Gasteiger partial charge in [-0.05, 0) is 90.7 Å². The van der Waals surface area contributed by atoms with E-state index in [2.05, 4.69) is 10.6 Å². The predicted molar refractivity (Wildman–Crippen MR) is 145 cm³/mol. The number of rotatable bonds is 6. The fraction of sp³-hybridized carbons (Fsp3) is 0.161. The lowest BCUT2D eigenvalue weighted by molar-refractivity contribution is -0.248. The monoisotopic (exact) mass is 604 g/mol. The molecule has 2 amide bonds. The van der Waals surface area contributed by atoms with Crippen molar-refractivity contribution in [2.45, 2.75) is 31.8 Å². The Morgan fingerprint density at radius 1 is 0.651 bits per heavy atom. The molecule has 0 bridgehead atoms. The average Bonchev–Trinajstić information content (AvgIpc) is 2.93. The van der Waals surface area contributed by atoms with E-state index in [9.17, 15) is 45.4 Å². The first-order valence-corrected chi connectivity index (χ1v) is 12.6. The molecule has 0 aliphatic rings. The summed E-state index contributed by atoms with van der Waals surface area (Å²) in [5, 5.41) is 16.1. The second-order valence-corrected chi connectivity index (χ2v) is 9.76. The highest BCUT2D eigenvalue weighted by molar-refractivity contribution is 6.07. The average molecular weight is 605 g/mol. The third kappa shape index (κ3) is 6.54. The van der Waals surface area contributed by atoms with Crippen LogP contribution in [0.5, 0.6) is 0 Å². The van der Waals surface area contributed by atoms with E-state index < -0.39 is 52.3 Å². The Hall–Kier alpha value is -4.71. The van der Waals surface area contributed by atoms with Crippen molar-refractivity contribution in [3.8, 4) is 0 Å². The van der Waals surface area contributed by atoms with Crippen molar-refractivity contribution in [3.63, 3.8) is 0 Å². The van der Waals surface area contributed by atoms with Gasteiger partial charge in [0.1, 0.15) is 5.82 Å². The van der Waals surface area contributed by atoms with Gasteiger partial charge in [-0.2, -0.15) is 26.3 Å². The van der Waals surface area contributed by atoms with Crippen molar-refractivity contribution in [2.75, 3.05) is 10.6 Å². The molecule has 0 fully saturated rings. The molecule has 0 radical (unpaired) electrons. The highest BCUT2D eigenvalue weighted by atomic mass is 19.4. The molecule has 224 valence electrons. The SMILES string of the molecule is Cc1cc(C(O)(c2ccc(C(F)(F)F)cc2)C(F)(F)F)cc(C)c1NC(=O)c1cccc(NC(=O)c2ccc(F)cc2)c1. The molecule has 4 rings (SSSR count). The Bertz CT molecular complexity index is 1640. The van der Waals surface area contributed by atoms with Crippen LogP contribution in [0, 0.1) is 19.7 Å². The second kappa shape index (κ2) is 11.5.